The second-order valence-electron chi connectivity index (χ2n) is 7.33. The topological polar surface area (TPSA) is 91.2 Å². The van der Waals surface area contributed by atoms with Crippen molar-refractivity contribution in [2.75, 3.05) is 5.32 Å². The predicted molar refractivity (Wildman–Crippen MR) is 101 cm³/mol. The Morgan fingerprint density at radius 1 is 1.10 bits per heavy atom. The van der Waals surface area contributed by atoms with Crippen molar-refractivity contribution in [3.63, 3.8) is 0 Å². The monoisotopic (exact) mass is 422 g/mol. The van der Waals surface area contributed by atoms with Crippen molar-refractivity contribution in [3.05, 3.63) is 42.0 Å². The zero-order valence-corrected chi connectivity index (χ0v) is 15.6. The number of aromatic hydroxyl groups is 1. The summed E-state index contributed by atoms with van der Waals surface area (Å²) in [5, 5.41) is 32.4. The molecule has 2 heterocycles. The van der Waals surface area contributed by atoms with Gasteiger partial charge in [0.2, 0.25) is 0 Å². The fourth-order valence-corrected chi connectivity index (χ4v) is 3.76. The quantitative estimate of drug-likeness (QED) is 0.546. The lowest BCUT2D eigenvalue weighted by Gasteiger charge is -2.27. The third kappa shape index (κ3) is 3.87. The smallest absolute Gasteiger partial charge is 0.419 e. The predicted octanol–water partition coefficient (Wildman–Crippen LogP) is 4.27. The number of alkyl halides is 3. The summed E-state index contributed by atoms with van der Waals surface area (Å²) in [7, 11) is 0. The average molecular weight is 422 g/mol. The molecule has 1 fully saturated rings. The van der Waals surface area contributed by atoms with Crippen LogP contribution >= 0.6 is 0 Å². The molecule has 1 aliphatic carbocycles. The number of aliphatic hydroxyl groups excluding tert-OH is 1. The van der Waals surface area contributed by atoms with Crippen molar-refractivity contribution in [3.8, 4) is 17.0 Å². The lowest BCUT2D eigenvalue weighted by atomic mass is 9.93. The molecule has 0 amide bonds. The molecule has 1 aromatic carbocycles. The first kappa shape index (κ1) is 20.3. The number of phenolic OH excluding ortho intramolecular Hbond substituents is 1. The zero-order chi connectivity index (χ0) is 21.5. The van der Waals surface area contributed by atoms with Gasteiger partial charge in [-0.2, -0.15) is 13.2 Å². The van der Waals surface area contributed by atoms with Crippen molar-refractivity contribution in [1.82, 2.24) is 15.2 Å². The van der Waals surface area contributed by atoms with Crippen LogP contribution in [0.3, 0.4) is 0 Å². The molecule has 30 heavy (non-hydrogen) atoms. The van der Waals surface area contributed by atoms with E-state index in [2.05, 4.69) is 20.5 Å². The van der Waals surface area contributed by atoms with Crippen LogP contribution in [0.1, 0.15) is 31.2 Å². The summed E-state index contributed by atoms with van der Waals surface area (Å²) in [6.45, 7) is 0. The second kappa shape index (κ2) is 7.67. The van der Waals surface area contributed by atoms with E-state index >= 15 is 0 Å². The van der Waals surface area contributed by atoms with Crippen LogP contribution in [-0.2, 0) is 6.18 Å². The Kier molecular flexibility index (Phi) is 5.19. The standard InChI is InChI=1S/C20H18F4N4O2/c21-16-7-13(17(30)8-15(16)20(22,23)24)18-12-4-5-25-9-14(12)19(28-27-18)26-10-2-1-3-11(29)6-10/h4-5,7-11,29-30H,1-3,6H2,(H,26,28)/t10-,11+/m0/s1. The maximum absolute atomic E-state index is 14.1. The van der Waals surface area contributed by atoms with Crippen LogP contribution in [0.25, 0.3) is 22.0 Å². The molecule has 0 saturated heterocycles. The summed E-state index contributed by atoms with van der Waals surface area (Å²) in [6, 6.07) is 2.49. The molecule has 158 valence electrons. The van der Waals surface area contributed by atoms with Crippen LogP contribution in [0.5, 0.6) is 5.75 Å². The first-order valence-electron chi connectivity index (χ1n) is 9.39. The molecular formula is C20H18F4N4O2. The molecule has 0 aliphatic heterocycles. The van der Waals surface area contributed by atoms with Gasteiger partial charge in [0.25, 0.3) is 0 Å². The Morgan fingerprint density at radius 3 is 2.63 bits per heavy atom. The van der Waals surface area contributed by atoms with E-state index in [1.54, 1.807) is 6.07 Å². The molecule has 1 saturated carbocycles. The number of rotatable bonds is 3. The molecule has 0 spiro atoms. The third-order valence-electron chi connectivity index (χ3n) is 5.21. The van der Waals surface area contributed by atoms with Gasteiger partial charge in [-0.25, -0.2) is 4.39 Å². The van der Waals surface area contributed by atoms with Crippen LogP contribution in [0, 0.1) is 5.82 Å². The molecule has 3 N–H and O–H groups in total. The highest BCUT2D eigenvalue weighted by Crippen LogP contribution is 2.40. The third-order valence-corrected chi connectivity index (χ3v) is 5.21. The molecule has 3 aromatic rings. The molecule has 2 atom stereocenters. The Bertz CT molecular complexity index is 1090. The van der Waals surface area contributed by atoms with Gasteiger partial charge in [-0.3, -0.25) is 4.98 Å². The van der Waals surface area contributed by atoms with Crippen LogP contribution in [-0.4, -0.2) is 37.5 Å². The van der Waals surface area contributed by atoms with Crippen LogP contribution in [0.15, 0.2) is 30.6 Å². The van der Waals surface area contributed by atoms with E-state index in [0.717, 1.165) is 19.3 Å². The Hall–Kier alpha value is -3.01. The Morgan fingerprint density at radius 2 is 1.90 bits per heavy atom. The number of benzene rings is 1. The lowest BCUT2D eigenvalue weighted by Crippen LogP contribution is -2.30. The summed E-state index contributed by atoms with van der Waals surface area (Å²) in [5.74, 6) is -1.88. The highest BCUT2D eigenvalue weighted by molar-refractivity contribution is 6.00. The number of aromatic nitrogens is 3. The SMILES string of the molecule is Oc1cc(C(F)(F)F)c(F)cc1-c1nnc(N[C@H]2CCC[C@@H](O)C2)c2cnccc12. The van der Waals surface area contributed by atoms with E-state index < -0.39 is 29.4 Å². The van der Waals surface area contributed by atoms with Gasteiger partial charge in [-0.05, 0) is 43.9 Å². The van der Waals surface area contributed by atoms with Crippen LogP contribution in [0.4, 0.5) is 23.4 Å². The highest BCUT2D eigenvalue weighted by Gasteiger charge is 2.35. The van der Waals surface area contributed by atoms with Crippen molar-refractivity contribution >= 4 is 16.6 Å². The van der Waals surface area contributed by atoms with Gasteiger partial charge in [0.05, 0.1) is 11.7 Å². The summed E-state index contributed by atoms with van der Waals surface area (Å²) in [4.78, 5) is 4.06. The van der Waals surface area contributed by atoms with Gasteiger partial charge >= 0.3 is 6.18 Å². The maximum Gasteiger partial charge on any atom is 0.419 e. The normalized spacial score (nSPS) is 19.8. The van der Waals surface area contributed by atoms with E-state index in [1.165, 1.54) is 12.4 Å². The van der Waals surface area contributed by atoms with Gasteiger partial charge in [0.1, 0.15) is 17.3 Å². The summed E-state index contributed by atoms with van der Waals surface area (Å²) < 4.78 is 52.8. The molecule has 10 heteroatoms. The number of fused-ring (bicyclic) bond motifs is 1. The number of aliphatic hydroxyl groups is 1. The van der Waals surface area contributed by atoms with Gasteiger partial charge in [0, 0.05) is 34.8 Å². The number of anilines is 1. The van der Waals surface area contributed by atoms with Crippen molar-refractivity contribution in [2.45, 2.75) is 44.0 Å². The largest absolute Gasteiger partial charge is 0.507 e. The van der Waals surface area contributed by atoms with Gasteiger partial charge < -0.3 is 15.5 Å². The molecular weight excluding hydrogens is 404 g/mol. The average Bonchev–Trinajstić information content (AvgIpc) is 2.69. The molecule has 1 aliphatic rings. The number of phenols is 1. The molecule has 0 bridgehead atoms. The number of nitrogens with one attached hydrogen (secondary N) is 1. The second-order valence-corrected chi connectivity index (χ2v) is 7.33. The first-order chi connectivity index (χ1) is 14.2. The van der Waals surface area contributed by atoms with E-state index in [0.29, 0.717) is 35.1 Å². The van der Waals surface area contributed by atoms with Crippen LogP contribution < -0.4 is 5.32 Å². The van der Waals surface area contributed by atoms with Gasteiger partial charge in [-0.1, -0.05) is 0 Å². The fourth-order valence-electron chi connectivity index (χ4n) is 3.76. The maximum atomic E-state index is 14.1. The van der Waals surface area contributed by atoms with Crippen molar-refractivity contribution in [2.24, 2.45) is 0 Å². The summed E-state index contributed by atoms with van der Waals surface area (Å²) >= 11 is 0. The lowest BCUT2D eigenvalue weighted by molar-refractivity contribution is -0.140. The van der Waals surface area contributed by atoms with E-state index in [4.69, 9.17) is 0 Å². The van der Waals surface area contributed by atoms with Crippen molar-refractivity contribution in [1.29, 1.82) is 0 Å². The number of pyridine rings is 1. The van der Waals surface area contributed by atoms with E-state index in [9.17, 15) is 27.8 Å². The Labute approximate surface area is 168 Å². The molecule has 0 unspecified atom stereocenters. The highest BCUT2D eigenvalue weighted by atomic mass is 19.4. The minimum Gasteiger partial charge on any atom is -0.507 e. The van der Waals surface area contributed by atoms with E-state index in [1.807, 2.05) is 0 Å². The number of nitrogens with zero attached hydrogens (tertiary/aromatic N) is 3. The Balaban J connectivity index is 1.78. The molecule has 2 aromatic heterocycles. The van der Waals surface area contributed by atoms with Crippen LogP contribution in [0.2, 0.25) is 0 Å². The number of hydrogen-bond donors (Lipinski definition) is 3. The summed E-state index contributed by atoms with van der Waals surface area (Å²) in [6.07, 6.45) is 0.619. The first-order valence-corrected chi connectivity index (χ1v) is 9.39. The summed E-state index contributed by atoms with van der Waals surface area (Å²) in [5.41, 5.74) is -1.73. The fraction of sp³-hybridized carbons (Fsp3) is 0.350. The van der Waals surface area contributed by atoms with E-state index in [-0.39, 0.29) is 17.3 Å². The molecule has 0 radical (unpaired) electrons. The number of halogens is 4. The minimum atomic E-state index is -4.93. The molecule has 6 nitrogen and oxygen atoms in total. The van der Waals surface area contributed by atoms with Gasteiger partial charge in [0.15, 0.2) is 5.82 Å². The molecule has 4 rings (SSSR count). The number of hydrogen-bond acceptors (Lipinski definition) is 6. The minimum absolute atomic E-state index is 0.0192. The van der Waals surface area contributed by atoms with Gasteiger partial charge in [-0.15, -0.1) is 10.2 Å². The van der Waals surface area contributed by atoms with Crippen molar-refractivity contribution < 1.29 is 27.8 Å². The zero-order valence-electron chi connectivity index (χ0n) is 15.6.